The maximum atomic E-state index is 12.5. The fourth-order valence-corrected chi connectivity index (χ4v) is 2.36. The smallest absolute Gasteiger partial charge is 0.326 e. The highest BCUT2D eigenvalue weighted by molar-refractivity contribution is 5.89. The third-order valence-electron chi connectivity index (χ3n) is 3.41. The third kappa shape index (κ3) is 5.37. The summed E-state index contributed by atoms with van der Waals surface area (Å²) < 4.78 is 0. The molecular weight excluding hydrogens is 300 g/mol. The van der Waals surface area contributed by atoms with Crippen LogP contribution in [-0.2, 0) is 20.9 Å². The molecule has 0 bridgehead atoms. The zero-order valence-corrected chi connectivity index (χ0v) is 13.2. The number of nitrogens with zero attached hydrogens (tertiary/aromatic N) is 1. The van der Waals surface area contributed by atoms with Gasteiger partial charge in [0.2, 0.25) is 5.91 Å². The second kappa shape index (κ2) is 8.28. The number of carboxylic acid groups (broad SMARTS) is 2. The molecular formula is C16H22N2O5. The van der Waals surface area contributed by atoms with Crippen molar-refractivity contribution in [2.45, 2.75) is 38.9 Å². The van der Waals surface area contributed by atoms with Crippen molar-refractivity contribution < 1.29 is 24.6 Å². The van der Waals surface area contributed by atoms with Crippen LogP contribution >= 0.6 is 0 Å². The Kier molecular flexibility index (Phi) is 6.71. The molecule has 0 aliphatic carbocycles. The lowest BCUT2D eigenvalue weighted by molar-refractivity contribution is -0.154. The van der Waals surface area contributed by atoms with Gasteiger partial charge in [0.25, 0.3) is 0 Å². The predicted molar refractivity (Wildman–Crippen MR) is 83.5 cm³/mol. The Morgan fingerprint density at radius 2 is 1.70 bits per heavy atom. The van der Waals surface area contributed by atoms with Crippen LogP contribution in [0, 0.1) is 5.92 Å². The molecule has 0 aromatic heterocycles. The van der Waals surface area contributed by atoms with E-state index >= 15 is 0 Å². The van der Waals surface area contributed by atoms with E-state index in [1.807, 2.05) is 6.07 Å². The van der Waals surface area contributed by atoms with Crippen LogP contribution in [-0.4, -0.2) is 45.0 Å². The molecule has 1 aromatic rings. The molecule has 0 heterocycles. The van der Waals surface area contributed by atoms with Gasteiger partial charge < -0.3 is 20.8 Å². The highest BCUT2D eigenvalue weighted by Gasteiger charge is 2.35. The van der Waals surface area contributed by atoms with Crippen LogP contribution in [0.5, 0.6) is 0 Å². The molecule has 2 atom stereocenters. The molecule has 126 valence electrons. The number of carbonyl (C=O) groups excluding carboxylic acids is 1. The van der Waals surface area contributed by atoms with Crippen molar-refractivity contribution in [2.24, 2.45) is 11.7 Å². The zero-order chi connectivity index (χ0) is 17.6. The average Bonchev–Trinajstić information content (AvgIpc) is 2.45. The number of hydrogen-bond acceptors (Lipinski definition) is 4. The van der Waals surface area contributed by atoms with Gasteiger partial charge in [0, 0.05) is 6.54 Å². The summed E-state index contributed by atoms with van der Waals surface area (Å²) in [5.41, 5.74) is 6.39. The Bertz CT molecular complexity index is 559. The first-order valence-electron chi connectivity index (χ1n) is 7.28. The van der Waals surface area contributed by atoms with E-state index in [1.165, 1.54) is 0 Å². The van der Waals surface area contributed by atoms with Gasteiger partial charge in [-0.15, -0.1) is 0 Å². The van der Waals surface area contributed by atoms with Crippen molar-refractivity contribution in [3.05, 3.63) is 35.9 Å². The van der Waals surface area contributed by atoms with Gasteiger partial charge in [-0.25, -0.2) is 4.79 Å². The van der Waals surface area contributed by atoms with E-state index in [0.29, 0.717) is 0 Å². The number of carbonyl (C=O) groups is 3. The summed E-state index contributed by atoms with van der Waals surface area (Å²) >= 11 is 0. The van der Waals surface area contributed by atoms with Crippen LogP contribution in [0.2, 0.25) is 0 Å². The monoisotopic (exact) mass is 322 g/mol. The topological polar surface area (TPSA) is 121 Å². The van der Waals surface area contributed by atoms with Crippen molar-refractivity contribution in [1.82, 2.24) is 4.90 Å². The Balaban J connectivity index is 3.11. The van der Waals surface area contributed by atoms with E-state index in [9.17, 15) is 19.5 Å². The van der Waals surface area contributed by atoms with Gasteiger partial charge in [-0.1, -0.05) is 44.2 Å². The van der Waals surface area contributed by atoms with Crippen LogP contribution in [0.4, 0.5) is 0 Å². The number of hydrogen-bond donors (Lipinski definition) is 3. The molecule has 0 saturated carbocycles. The zero-order valence-electron chi connectivity index (χ0n) is 13.2. The van der Waals surface area contributed by atoms with Crippen LogP contribution in [0.3, 0.4) is 0 Å². The van der Waals surface area contributed by atoms with Gasteiger partial charge in [0.15, 0.2) is 0 Å². The minimum absolute atomic E-state index is 0.0577. The summed E-state index contributed by atoms with van der Waals surface area (Å²) in [6.45, 7) is 3.43. The molecule has 7 nitrogen and oxygen atoms in total. The van der Waals surface area contributed by atoms with E-state index in [0.717, 1.165) is 10.5 Å². The quantitative estimate of drug-likeness (QED) is 0.654. The second-order valence-corrected chi connectivity index (χ2v) is 5.68. The van der Waals surface area contributed by atoms with Gasteiger partial charge in [0.05, 0.1) is 12.5 Å². The first-order valence-corrected chi connectivity index (χ1v) is 7.28. The van der Waals surface area contributed by atoms with Crippen LogP contribution in [0.25, 0.3) is 0 Å². The number of benzene rings is 1. The summed E-state index contributed by atoms with van der Waals surface area (Å²) in [4.78, 5) is 36.0. The van der Waals surface area contributed by atoms with Crippen LogP contribution < -0.4 is 5.73 Å². The van der Waals surface area contributed by atoms with E-state index in [-0.39, 0.29) is 12.5 Å². The normalized spacial score (nSPS) is 13.4. The van der Waals surface area contributed by atoms with E-state index in [2.05, 4.69) is 0 Å². The number of aliphatic carboxylic acids is 2. The van der Waals surface area contributed by atoms with Crippen LogP contribution in [0.15, 0.2) is 30.3 Å². The largest absolute Gasteiger partial charge is 0.481 e. The van der Waals surface area contributed by atoms with E-state index < -0.39 is 36.4 Å². The molecule has 23 heavy (non-hydrogen) atoms. The minimum atomic E-state index is -1.28. The number of amides is 1. The van der Waals surface area contributed by atoms with E-state index in [1.54, 1.807) is 38.1 Å². The number of carboxylic acids is 2. The fourth-order valence-electron chi connectivity index (χ4n) is 2.36. The van der Waals surface area contributed by atoms with Crippen molar-refractivity contribution >= 4 is 17.8 Å². The Morgan fingerprint density at radius 1 is 1.13 bits per heavy atom. The SMILES string of the molecule is CC(C)[C@H](C(=O)O)N(Cc1ccccc1)C(=O)[C@@H](N)CC(=O)O. The summed E-state index contributed by atoms with van der Waals surface area (Å²) in [5, 5.41) is 18.2. The fraction of sp³-hybridized carbons (Fsp3) is 0.438. The summed E-state index contributed by atoms with van der Waals surface area (Å²) in [7, 11) is 0. The highest BCUT2D eigenvalue weighted by atomic mass is 16.4. The Labute approximate surface area is 134 Å². The van der Waals surface area contributed by atoms with Crippen molar-refractivity contribution in [2.75, 3.05) is 0 Å². The molecule has 0 radical (unpaired) electrons. The molecule has 1 rings (SSSR count). The lowest BCUT2D eigenvalue weighted by Crippen LogP contribution is -2.53. The summed E-state index contributed by atoms with van der Waals surface area (Å²) in [5.74, 6) is -3.39. The number of rotatable bonds is 8. The molecule has 0 aliphatic heterocycles. The number of nitrogens with two attached hydrogens (primary N) is 1. The lowest BCUT2D eigenvalue weighted by Gasteiger charge is -2.33. The molecule has 4 N–H and O–H groups in total. The summed E-state index contributed by atoms with van der Waals surface area (Å²) in [6.07, 6.45) is -0.547. The van der Waals surface area contributed by atoms with E-state index in [4.69, 9.17) is 10.8 Å². The highest BCUT2D eigenvalue weighted by Crippen LogP contribution is 2.17. The third-order valence-corrected chi connectivity index (χ3v) is 3.41. The van der Waals surface area contributed by atoms with Crippen molar-refractivity contribution in [3.63, 3.8) is 0 Å². The van der Waals surface area contributed by atoms with Gasteiger partial charge in [-0.3, -0.25) is 9.59 Å². The molecule has 7 heteroatoms. The van der Waals surface area contributed by atoms with Crippen molar-refractivity contribution in [1.29, 1.82) is 0 Å². The van der Waals surface area contributed by atoms with Gasteiger partial charge >= 0.3 is 11.9 Å². The minimum Gasteiger partial charge on any atom is -0.481 e. The van der Waals surface area contributed by atoms with Crippen LogP contribution in [0.1, 0.15) is 25.8 Å². The lowest BCUT2D eigenvalue weighted by atomic mass is 10.00. The molecule has 0 saturated heterocycles. The van der Waals surface area contributed by atoms with Crippen molar-refractivity contribution in [3.8, 4) is 0 Å². The Hall–Kier alpha value is -2.41. The maximum absolute atomic E-state index is 12.5. The summed E-state index contributed by atoms with van der Waals surface area (Å²) in [6, 6.07) is 6.54. The van der Waals surface area contributed by atoms with Gasteiger partial charge in [0.1, 0.15) is 6.04 Å². The van der Waals surface area contributed by atoms with Gasteiger partial charge in [-0.2, -0.15) is 0 Å². The standard InChI is InChI=1S/C16H22N2O5/c1-10(2)14(16(22)23)18(9-11-6-4-3-5-7-11)15(21)12(17)8-13(19)20/h3-7,10,12,14H,8-9,17H2,1-2H3,(H,19,20)(H,22,23)/t12-,14+/m0/s1. The maximum Gasteiger partial charge on any atom is 0.326 e. The first kappa shape index (κ1) is 18.6. The molecule has 0 aliphatic rings. The average molecular weight is 322 g/mol. The molecule has 0 spiro atoms. The molecule has 1 aromatic carbocycles. The first-order chi connectivity index (χ1) is 10.7. The van der Waals surface area contributed by atoms with Gasteiger partial charge in [-0.05, 0) is 11.5 Å². The second-order valence-electron chi connectivity index (χ2n) is 5.68. The predicted octanol–water partition coefficient (Wildman–Crippen LogP) is 0.926. The molecule has 0 fully saturated rings. The Morgan fingerprint density at radius 3 is 2.13 bits per heavy atom. The molecule has 1 amide bonds. The molecule has 0 unspecified atom stereocenters.